The molecule has 1 aromatic carbocycles. The highest BCUT2D eigenvalue weighted by atomic mass is 35.5. The Kier molecular flexibility index (Phi) is 4.71. The van der Waals surface area contributed by atoms with Crippen LogP contribution in [-0.4, -0.2) is 25.0 Å². The standard InChI is InChI=1S/C18H20ClNO3/c1-23-18(22)15-12-8-5-9-13(12)17(21)20-16(15)14(19)10-11-6-3-2-4-7-11/h2-4,6-7,10,12-13,15-16H,5,8-9H2,1H3,(H,20,21)/b14-10-/t12-,13+,15+,16-/m1/s1. The smallest absolute Gasteiger partial charge is 0.311 e. The van der Waals surface area contributed by atoms with Crippen molar-refractivity contribution in [3.8, 4) is 0 Å². The molecule has 23 heavy (non-hydrogen) atoms. The van der Waals surface area contributed by atoms with Gasteiger partial charge in [-0.15, -0.1) is 0 Å². The van der Waals surface area contributed by atoms with E-state index in [2.05, 4.69) is 5.32 Å². The van der Waals surface area contributed by atoms with Crippen molar-refractivity contribution in [3.63, 3.8) is 0 Å². The van der Waals surface area contributed by atoms with E-state index in [0.717, 1.165) is 24.8 Å². The second kappa shape index (κ2) is 6.75. The number of fused-ring (bicyclic) bond motifs is 1. The first-order valence-corrected chi connectivity index (χ1v) is 8.30. The lowest BCUT2D eigenvalue weighted by Gasteiger charge is -2.38. The predicted molar refractivity (Wildman–Crippen MR) is 88.5 cm³/mol. The summed E-state index contributed by atoms with van der Waals surface area (Å²) in [5, 5.41) is 3.40. The lowest BCUT2D eigenvalue weighted by Crippen LogP contribution is -2.55. The number of halogens is 1. The minimum absolute atomic E-state index is 0.00253. The number of esters is 1. The van der Waals surface area contributed by atoms with Gasteiger partial charge in [-0.3, -0.25) is 9.59 Å². The van der Waals surface area contributed by atoms with Crippen LogP contribution in [0.4, 0.5) is 0 Å². The zero-order chi connectivity index (χ0) is 16.4. The molecule has 1 amide bonds. The van der Waals surface area contributed by atoms with Gasteiger partial charge in [0.15, 0.2) is 0 Å². The number of piperidine rings is 1. The first-order valence-electron chi connectivity index (χ1n) is 7.92. The molecule has 122 valence electrons. The van der Waals surface area contributed by atoms with E-state index < -0.39 is 12.0 Å². The second-order valence-corrected chi connectivity index (χ2v) is 6.61. The van der Waals surface area contributed by atoms with Gasteiger partial charge in [-0.2, -0.15) is 0 Å². The van der Waals surface area contributed by atoms with Gasteiger partial charge in [0.1, 0.15) is 0 Å². The molecule has 1 aliphatic carbocycles. The molecule has 5 heteroatoms. The zero-order valence-corrected chi connectivity index (χ0v) is 13.8. The van der Waals surface area contributed by atoms with Gasteiger partial charge in [-0.1, -0.05) is 48.4 Å². The highest BCUT2D eigenvalue weighted by Crippen LogP contribution is 2.44. The van der Waals surface area contributed by atoms with E-state index >= 15 is 0 Å². The first kappa shape index (κ1) is 16.1. The maximum absolute atomic E-state index is 12.4. The third kappa shape index (κ3) is 3.13. The zero-order valence-electron chi connectivity index (χ0n) is 13.0. The Labute approximate surface area is 140 Å². The molecule has 1 saturated heterocycles. The van der Waals surface area contributed by atoms with Crippen molar-refractivity contribution in [2.45, 2.75) is 25.3 Å². The Morgan fingerprint density at radius 1 is 1.30 bits per heavy atom. The van der Waals surface area contributed by atoms with Crippen molar-refractivity contribution in [2.24, 2.45) is 17.8 Å². The third-order valence-electron chi connectivity index (χ3n) is 4.90. The van der Waals surface area contributed by atoms with Crippen molar-refractivity contribution < 1.29 is 14.3 Å². The molecule has 1 aliphatic heterocycles. The number of amides is 1. The van der Waals surface area contributed by atoms with Crippen molar-refractivity contribution in [1.82, 2.24) is 5.32 Å². The Morgan fingerprint density at radius 2 is 2.04 bits per heavy atom. The van der Waals surface area contributed by atoms with Crippen LogP contribution in [-0.2, 0) is 14.3 Å². The fourth-order valence-corrected chi connectivity index (χ4v) is 4.14. The van der Waals surface area contributed by atoms with Crippen LogP contribution in [0.15, 0.2) is 35.4 Å². The summed E-state index contributed by atoms with van der Waals surface area (Å²) < 4.78 is 4.99. The van der Waals surface area contributed by atoms with Gasteiger partial charge in [0.2, 0.25) is 5.91 Å². The third-order valence-corrected chi connectivity index (χ3v) is 5.24. The predicted octanol–water partition coefficient (Wildman–Crippen LogP) is 2.97. The molecule has 4 atom stereocenters. The van der Waals surface area contributed by atoms with Crippen LogP contribution in [0.5, 0.6) is 0 Å². The van der Waals surface area contributed by atoms with Crippen LogP contribution in [0.25, 0.3) is 6.08 Å². The molecular weight excluding hydrogens is 314 g/mol. The molecule has 2 aliphatic rings. The summed E-state index contributed by atoms with van der Waals surface area (Å²) in [4.78, 5) is 24.7. The van der Waals surface area contributed by atoms with E-state index in [1.165, 1.54) is 7.11 Å². The largest absolute Gasteiger partial charge is 0.469 e. The molecule has 3 rings (SSSR count). The van der Waals surface area contributed by atoms with E-state index in [1.54, 1.807) is 6.08 Å². The maximum atomic E-state index is 12.4. The van der Waals surface area contributed by atoms with Crippen LogP contribution >= 0.6 is 11.6 Å². The highest BCUT2D eigenvalue weighted by molar-refractivity contribution is 6.32. The molecule has 0 aromatic heterocycles. The summed E-state index contributed by atoms with van der Waals surface area (Å²) in [6.07, 6.45) is 4.46. The molecule has 0 spiro atoms. The summed E-state index contributed by atoms with van der Waals surface area (Å²) >= 11 is 6.48. The second-order valence-electron chi connectivity index (χ2n) is 6.18. The lowest BCUT2D eigenvalue weighted by molar-refractivity contribution is -0.152. The van der Waals surface area contributed by atoms with E-state index in [0.29, 0.717) is 5.03 Å². The molecule has 1 heterocycles. The topological polar surface area (TPSA) is 55.4 Å². The van der Waals surface area contributed by atoms with Crippen LogP contribution in [0.2, 0.25) is 0 Å². The fourth-order valence-electron chi connectivity index (χ4n) is 3.83. The van der Waals surface area contributed by atoms with Crippen molar-refractivity contribution in [3.05, 3.63) is 40.9 Å². The maximum Gasteiger partial charge on any atom is 0.311 e. The average Bonchev–Trinajstić information content (AvgIpc) is 3.05. The Balaban J connectivity index is 1.93. The Morgan fingerprint density at radius 3 is 2.74 bits per heavy atom. The number of carbonyl (C=O) groups is 2. The molecule has 1 aromatic rings. The molecule has 0 bridgehead atoms. The lowest BCUT2D eigenvalue weighted by atomic mass is 9.75. The van der Waals surface area contributed by atoms with Gasteiger partial charge in [0.05, 0.1) is 19.1 Å². The van der Waals surface area contributed by atoms with Crippen LogP contribution in [0.1, 0.15) is 24.8 Å². The summed E-state index contributed by atoms with van der Waals surface area (Å²) in [5.74, 6) is -0.808. The molecule has 0 radical (unpaired) electrons. The van der Waals surface area contributed by atoms with Gasteiger partial charge in [-0.05, 0) is 30.4 Å². The van der Waals surface area contributed by atoms with Gasteiger partial charge in [0, 0.05) is 11.0 Å². The molecular formula is C18H20ClNO3. The molecule has 4 nitrogen and oxygen atoms in total. The van der Waals surface area contributed by atoms with Gasteiger partial charge < -0.3 is 10.1 Å². The molecule has 2 fully saturated rings. The summed E-state index contributed by atoms with van der Waals surface area (Å²) in [5.41, 5.74) is 0.934. The number of methoxy groups -OCH3 is 1. The average molecular weight is 334 g/mol. The SMILES string of the molecule is COC(=O)[C@H]1[C@@H]2CCC[C@@H]2C(=O)N[C@@H]1/C(Cl)=C/c1ccccc1. The number of hydrogen-bond donors (Lipinski definition) is 1. The van der Waals surface area contributed by atoms with Gasteiger partial charge in [-0.25, -0.2) is 0 Å². The van der Waals surface area contributed by atoms with Crippen molar-refractivity contribution in [1.29, 1.82) is 0 Å². The van der Waals surface area contributed by atoms with Crippen LogP contribution in [0.3, 0.4) is 0 Å². The van der Waals surface area contributed by atoms with Gasteiger partial charge in [0.25, 0.3) is 0 Å². The number of hydrogen-bond acceptors (Lipinski definition) is 3. The number of ether oxygens (including phenoxy) is 1. The molecule has 1 saturated carbocycles. The highest BCUT2D eigenvalue weighted by Gasteiger charge is 2.50. The quantitative estimate of drug-likeness (QED) is 0.865. The minimum Gasteiger partial charge on any atom is -0.469 e. The van der Waals surface area contributed by atoms with E-state index in [1.807, 2.05) is 30.3 Å². The molecule has 0 unspecified atom stereocenters. The summed E-state index contributed by atoms with van der Waals surface area (Å²) in [6, 6.07) is 9.10. The van der Waals surface area contributed by atoms with E-state index in [-0.39, 0.29) is 23.7 Å². The summed E-state index contributed by atoms with van der Waals surface area (Å²) in [6.45, 7) is 0. The summed E-state index contributed by atoms with van der Waals surface area (Å²) in [7, 11) is 1.38. The Bertz CT molecular complexity index is 628. The Hall–Kier alpha value is -1.81. The molecule has 1 N–H and O–H groups in total. The number of carbonyl (C=O) groups excluding carboxylic acids is 2. The number of rotatable bonds is 3. The minimum atomic E-state index is -0.517. The fraction of sp³-hybridized carbons (Fsp3) is 0.444. The number of benzene rings is 1. The number of nitrogens with one attached hydrogen (secondary N) is 1. The van der Waals surface area contributed by atoms with Crippen LogP contribution in [0, 0.1) is 17.8 Å². The normalized spacial score (nSPS) is 30.5. The first-order chi connectivity index (χ1) is 11.1. The monoisotopic (exact) mass is 333 g/mol. The van der Waals surface area contributed by atoms with Crippen LogP contribution < -0.4 is 5.32 Å². The van der Waals surface area contributed by atoms with E-state index in [9.17, 15) is 9.59 Å². The van der Waals surface area contributed by atoms with Crippen molar-refractivity contribution >= 4 is 29.6 Å². The van der Waals surface area contributed by atoms with Gasteiger partial charge >= 0.3 is 5.97 Å². The van der Waals surface area contributed by atoms with E-state index in [4.69, 9.17) is 16.3 Å². The van der Waals surface area contributed by atoms with Crippen molar-refractivity contribution in [2.75, 3.05) is 7.11 Å².